The van der Waals surface area contributed by atoms with Gasteiger partial charge in [0.2, 0.25) is 17.7 Å². The molecule has 0 aromatic heterocycles. The van der Waals surface area contributed by atoms with Crippen LogP contribution in [0.25, 0.3) is 0 Å². The summed E-state index contributed by atoms with van der Waals surface area (Å²) in [5.41, 5.74) is 1.44. The second kappa shape index (κ2) is 12.3. The number of ether oxygens (including phenoxy) is 2. The van der Waals surface area contributed by atoms with Crippen molar-refractivity contribution < 1.29 is 23.9 Å². The molecular formula is C24H31N3O5. The molecule has 0 aliphatic carbocycles. The number of hydrogen-bond acceptors (Lipinski definition) is 5. The molecule has 0 saturated carbocycles. The van der Waals surface area contributed by atoms with Crippen molar-refractivity contribution in [2.24, 2.45) is 5.92 Å². The van der Waals surface area contributed by atoms with Crippen molar-refractivity contribution in [1.82, 2.24) is 10.2 Å². The smallest absolute Gasteiger partial charge is 0.243 e. The van der Waals surface area contributed by atoms with Crippen LogP contribution in [-0.2, 0) is 20.8 Å². The van der Waals surface area contributed by atoms with E-state index in [2.05, 4.69) is 10.6 Å². The van der Waals surface area contributed by atoms with Crippen molar-refractivity contribution in [1.29, 1.82) is 0 Å². The number of benzene rings is 2. The van der Waals surface area contributed by atoms with E-state index in [1.165, 1.54) is 4.90 Å². The number of nitrogens with zero attached hydrogens (tertiary/aromatic N) is 1. The number of amides is 3. The molecule has 32 heavy (non-hydrogen) atoms. The van der Waals surface area contributed by atoms with Crippen LogP contribution in [0.4, 0.5) is 5.69 Å². The number of nitrogens with one attached hydrogen (secondary N) is 2. The number of rotatable bonds is 11. The van der Waals surface area contributed by atoms with E-state index in [0.29, 0.717) is 23.7 Å². The Hall–Kier alpha value is -3.55. The van der Waals surface area contributed by atoms with Crippen LogP contribution in [0.5, 0.6) is 11.5 Å². The zero-order valence-electron chi connectivity index (χ0n) is 19.0. The lowest BCUT2D eigenvalue weighted by Crippen LogP contribution is -2.44. The predicted molar refractivity (Wildman–Crippen MR) is 123 cm³/mol. The Morgan fingerprint density at radius 3 is 1.97 bits per heavy atom. The molecule has 0 spiro atoms. The zero-order valence-corrected chi connectivity index (χ0v) is 19.0. The fourth-order valence-electron chi connectivity index (χ4n) is 3.01. The molecule has 0 saturated heterocycles. The first-order chi connectivity index (χ1) is 15.3. The molecular weight excluding hydrogens is 410 g/mol. The topological polar surface area (TPSA) is 97.0 Å². The number of methoxy groups -OCH3 is 2. The van der Waals surface area contributed by atoms with Crippen molar-refractivity contribution in [3.63, 3.8) is 0 Å². The third-order valence-corrected chi connectivity index (χ3v) is 4.61. The van der Waals surface area contributed by atoms with E-state index in [4.69, 9.17) is 9.47 Å². The quantitative estimate of drug-likeness (QED) is 0.558. The first kappa shape index (κ1) is 24.7. The minimum absolute atomic E-state index is 0.108. The Morgan fingerprint density at radius 1 is 0.875 bits per heavy atom. The average molecular weight is 442 g/mol. The predicted octanol–water partition coefficient (Wildman–Crippen LogP) is 2.49. The number of carbonyl (C=O) groups excluding carboxylic acids is 3. The molecule has 172 valence electrons. The molecule has 3 amide bonds. The minimum Gasteiger partial charge on any atom is -0.497 e. The van der Waals surface area contributed by atoms with Gasteiger partial charge in [-0.2, -0.15) is 0 Å². The monoisotopic (exact) mass is 441 g/mol. The third kappa shape index (κ3) is 8.29. The van der Waals surface area contributed by atoms with Gasteiger partial charge in [-0.25, -0.2) is 0 Å². The lowest BCUT2D eigenvalue weighted by atomic mass is 10.1. The Kier molecular flexibility index (Phi) is 9.53. The summed E-state index contributed by atoms with van der Waals surface area (Å²) in [5.74, 6) is 0.693. The van der Waals surface area contributed by atoms with Crippen LogP contribution in [0.3, 0.4) is 0 Å². The van der Waals surface area contributed by atoms with Gasteiger partial charge in [-0.15, -0.1) is 0 Å². The van der Waals surface area contributed by atoms with E-state index in [-0.39, 0.29) is 37.2 Å². The van der Waals surface area contributed by atoms with E-state index in [0.717, 1.165) is 5.56 Å². The highest BCUT2D eigenvalue weighted by Crippen LogP contribution is 2.15. The molecule has 0 aliphatic rings. The molecule has 2 aromatic rings. The fourth-order valence-corrected chi connectivity index (χ4v) is 3.01. The summed E-state index contributed by atoms with van der Waals surface area (Å²) in [4.78, 5) is 38.8. The first-order valence-corrected chi connectivity index (χ1v) is 10.4. The first-order valence-electron chi connectivity index (χ1n) is 10.4. The summed E-state index contributed by atoms with van der Waals surface area (Å²) < 4.78 is 10.2. The third-order valence-electron chi connectivity index (χ3n) is 4.61. The van der Waals surface area contributed by atoms with Crippen LogP contribution in [0.15, 0.2) is 48.5 Å². The van der Waals surface area contributed by atoms with Gasteiger partial charge in [-0.05, 0) is 47.9 Å². The maximum atomic E-state index is 12.8. The van der Waals surface area contributed by atoms with Gasteiger partial charge in [-0.3, -0.25) is 14.4 Å². The van der Waals surface area contributed by atoms with Gasteiger partial charge in [0.05, 0.1) is 33.7 Å². The highest BCUT2D eigenvalue weighted by molar-refractivity contribution is 5.95. The maximum Gasteiger partial charge on any atom is 0.243 e. The summed E-state index contributed by atoms with van der Waals surface area (Å²) in [6.45, 7) is 4.11. The van der Waals surface area contributed by atoms with Gasteiger partial charge in [-0.1, -0.05) is 26.0 Å². The van der Waals surface area contributed by atoms with Gasteiger partial charge in [0.15, 0.2) is 0 Å². The van der Waals surface area contributed by atoms with Gasteiger partial charge < -0.3 is 25.0 Å². The molecule has 0 aliphatic heterocycles. The largest absolute Gasteiger partial charge is 0.497 e. The number of hydrogen-bond donors (Lipinski definition) is 2. The van der Waals surface area contributed by atoms with Crippen LogP contribution >= 0.6 is 0 Å². The second-order valence-corrected chi connectivity index (χ2v) is 7.75. The molecule has 0 atom stereocenters. The molecule has 8 nitrogen and oxygen atoms in total. The van der Waals surface area contributed by atoms with E-state index in [9.17, 15) is 14.4 Å². The van der Waals surface area contributed by atoms with Crippen molar-refractivity contribution in [2.45, 2.75) is 20.3 Å². The Morgan fingerprint density at radius 2 is 1.44 bits per heavy atom. The summed E-state index contributed by atoms with van der Waals surface area (Å²) in [6, 6.07) is 14.1. The molecule has 2 rings (SSSR count). The van der Waals surface area contributed by atoms with Crippen molar-refractivity contribution >= 4 is 23.4 Å². The second-order valence-electron chi connectivity index (χ2n) is 7.75. The molecule has 0 radical (unpaired) electrons. The highest BCUT2D eigenvalue weighted by Gasteiger charge is 2.19. The normalized spacial score (nSPS) is 10.4. The van der Waals surface area contributed by atoms with Crippen LogP contribution in [0.1, 0.15) is 19.4 Å². The average Bonchev–Trinajstić information content (AvgIpc) is 2.78. The van der Waals surface area contributed by atoms with Crippen LogP contribution in [0, 0.1) is 5.92 Å². The van der Waals surface area contributed by atoms with Crippen LogP contribution in [-0.4, -0.2) is 56.5 Å². The summed E-state index contributed by atoms with van der Waals surface area (Å²) in [7, 11) is 3.15. The molecule has 0 fully saturated rings. The lowest BCUT2D eigenvalue weighted by molar-refractivity contribution is -0.136. The van der Waals surface area contributed by atoms with E-state index in [1.54, 1.807) is 50.6 Å². The minimum atomic E-state index is -0.390. The van der Waals surface area contributed by atoms with Crippen molar-refractivity contribution in [3.8, 4) is 11.5 Å². The zero-order chi connectivity index (χ0) is 23.5. The Bertz CT molecular complexity index is 895. The molecule has 8 heteroatoms. The molecule has 0 bridgehead atoms. The van der Waals surface area contributed by atoms with E-state index >= 15 is 0 Å². The molecule has 2 aromatic carbocycles. The Balaban J connectivity index is 1.87. The van der Waals surface area contributed by atoms with Gasteiger partial charge in [0.1, 0.15) is 11.5 Å². The maximum absolute atomic E-state index is 12.8. The summed E-state index contributed by atoms with van der Waals surface area (Å²) in [5, 5.41) is 5.28. The van der Waals surface area contributed by atoms with Crippen molar-refractivity contribution in [3.05, 3.63) is 54.1 Å². The standard InChI is InChI=1S/C24H31N3O5/c1-17(2)15-27(24(30)13-18-5-9-20(31-3)10-6-18)16-23(29)25-14-22(28)26-19-7-11-21(32-4)12-8-19/h5-12,17H,13-16H2,1-4H3,(H,25,29)(H,26,28). The fraction of sp³-hybridized carbons (Fsp3) is 0.375. The highest BCUT2D eigenvalue weighted by atomic mass is 16.5. The molecule has 2 N–H and O–H groups in total. The van der Waals surface area contributed by atoms with Crippen LogP contribution in [0.2, 0.25) is 0 Å². The summed E-state index contributed by atoms with van der Waals surface area (Å²) in [6.07, 6.45) is 0.182. The van der Waals surface area contributed by atoms with Crippen LogP contribution < -0.4 is 20.1 Å². The SMILES string of the molecule is COc1ccc(CC(=O)N(CC(=O)NCC(=O)Nc2ccc(OC)cc2)CC(C)C)cc1. The Labute approximate surface area is 188 Å². The van der Waals surface area contributed by atoms with Gasteiger partial charge in [0.25, 0.3) is 0 Å². The number of carbonyl (C=O) groups is 3. The van der Waals surface area contributed by atoms with Gasteiger partial charge >= 0.3 is 0 Å². The summed E-state index contributed by atoms with van der Waals surface area (Å²) >= 11 is 0. The van der Waals surface area contributed by atoms with Crippen molar-refractivity contribution in [2.75, 3.05) is 39.2 Å². The van der Waals surface area contributed by atoms with Gasteiger partial charge in [0, 0.05) is 12.2 Å². The van der Waals surface area contributed by atoms with E-state index in [1.807, 2.05) is 26.0 Å². The molecule has 0 unspecified atom stereocenters. The lowest BCUT2D eigenvalue weighted by Gasteiger charge is -2.24. The molecule has 0 heterocycles. The van der Waals surface area contributed by atoms with E-state index < -0.39 is 5.91 Å². The number of anilines is 1.